The van der Waals surface area contributed by atoms with Gasteiger partial charge in [0.25, 0.3) is 0 Å². The molecule has 0 amide bonds. The summed E-state index contributed by atoms with van der Waals surface area (Å²) in [5.74, 6) is 0. The molecule has 23 aromatic rings. The molecule has 0 aliphatic rings. The van der Waals surface area contributed by atoms with E-state index in [1.54, 1.807) is 0 Å². The van der Waals surface area contributed by atoms with Gasteiger partial charge in [-0.05, 0) is 275 Å². The molecule has 0 radical (unpaired) electrons. The zero-order valence-electron chi connectivity index (χ0n) is 68.7. The summed E-state index contributed by atoms with van der Waals surface area (Å²) in [7, 11) is 0. The molecule has 23 rings (SSSR count). The predicted molar refractivity (Wildman–Crippen MR) is 545 cm³/mol. The summed E-state index contributed by atoms with van der Waals surface area (Å²) in [6, 6.07) is 175. The molecule has 0 atom stereocenters. The standard InChI is InChI=1S/2C42H28BrN.C36H24BrN/c43-36-18-10-17-33(26-36)31-15-9-16-32(25-31)35-22-24-42-39(28-35)37-19-7-8-20-40(37)44(42)41-23-21-34(29-11-3-1-4-12-29)27-38(41)30-13-5-2-6-14-30;43-37-18-10-17-33(25-37)31-15-9-16-32(23-31)34-21-22-42-40(28-34)39-19-7-8-20-41(39)44(42)38-26-35(29-11-3-1-4-12-29)24-36(27-38)30-13-5-2-6-14-30;37-31-22-29(25-10-3-1-4-11-25)21-30(23-31)27-13-9-12-26(20-27)28-18-19-36-34(24-28)33-16-7-8-17-35(33)38(36)32-14-5-2-6-15-32/h2*1-28H;1-24H. The third kappa shape index (κ3) is 15.8. The third-order valence-corrected chi connectivity index (χ3v) is 25.5. The average Bonchev–Trinajstić information content (AvgIpc) is 1.59. The van der Waals surface area contributed by atoms with Crippen LogP contribution in [0.1, 0.15) is 0 Å². The minimum absolute atomic E-state index is 1.08. The first-order valence-electron chi connectivity index (χ1n) is 42.5. The van der Waals surface area contributed by atoms with Gasteiger partial charge < -0.3 is 13.7 Å². The van der Waals surface area contributed by atoms with Crippen LogP contribution < -0.4 is 0 Å². The smallest absolute Gasteiger partial charge is 0.0541 e. The highest BCUT2D eigenvalue weighted by Crippen LogP contribution is 2.45. The van der Waals surface area contributed by atoms with Crippen LogP contribution >= 0.6 is 47.8 Å². The van der Waals surface area contributed by atoms with Crippen LogP contribution in [0.3, 0.4) is 0 Å². The van der Waals surface area contributed by atoms with E-state index in [0.29, 0.717) is 0 Å². The Morgan fingerprint density at radius 3 is 0.770 bits per heavy atom. The molecule has 0 fully saturated rings. The molecule has 0 unspecified atom stereocenters. The van der Waals surface area contributed by atoms with Crippen molar-refractivity contribution >= 4 is 113 Å². The van der Waals surface area contributed by atoms with Gasteiger partial charge >= 0.3 is 0 Å². The summed E-state index contributed by atoms with van der Waals surface area (Å²) in [4.78, 5) is 0. The number of fused-ring (bicyclic) bond motifs is 9. The van der Waals surface area contributed by atoms with Crippen molar-refractivity contribution in [3.63, 3.8) is 0 Å². The number of benzene rings is 20. The molecule has 6 heteroatoms. The quantitative estimate of drug-likeness (QED) is 0.103. The molecule has 596 valence electrons. The van der Waals surface area contributed by atoms with Crippen LogP contribution in [-0.2, 0) is 0 Å². The topological polar surface area (TPSA) is 14.8 Å². The van der Waals surface area contributed by atoms with Crippen LogP contribution in [0.4, 0.5) is 0 Å². The normalized spacial score (nSPS) is 11.3. The van der Waals surface area contributed by atoms with Gasteiger partial charge in [0.1, 0.15) is 0 Å². The number of para-hydroxylation sites is 4. The summed E-state index contributed by atoms with van der Waals surface area (Å²) in [6.07, 6.45) is 0. The van der Waals surface area contributed by atoms with E-state index in [2.05, 4.69) is 547 Å². The first-order chi connectivity index (χ1) is 62.2. The lowest BCUT2D eigenvalue weighted by Crippen LogP contribution is -1.98. The molecule has 3 heterocycles. The molecule has 0 N–H and O–H groups in total. The number of halogens is 3. The van der Waals surface area contributed by atoms with Crippen molar-refractivity contribution in [1.29, 1.82) is 0 Å². The summed E-state index contributed by atoms with van der Waals surface area (Å²) in [5.41, 5.74) is 37.3. The van der Waals surface area contributed by atoms with Crippen molar-refractivity contribution in [3.8, 4) is 139 Å². The number of rotatable bonds is 14. The van der Waals surface area contributed by atoms with Crippen molar-refractivity contribution in [2.75, 3.05) is 0 Å². The van der Waals surface area contributed by atoms with E-state index in [-0.39, 0.29) is 0 Å². The Morgan fingerprint density at radius 1 is 0.127 bits per heavy atom. The molecular formula is C120H80Br3N3. The Morgan fingerprint density at radius 2 is 0.373 bits per heavy atom. The predicted octanol–water partition coefficient (Wildman–Crippen LogP) is 35.0. The van der Waals surface area contributed by atoms with Crippen molar-refractivity contribution in [1.82, 2.24) is 13.7 Å². The highest BCUT2D eigenvalue weighted by atomic mass is 79.9. The first kappa shape index (κ1) is 78.5. The van der Waals surface area contributed by atoms with Gasteiger partial charge in [0.2, 0.25) is 0 Å². The molecule has 20 aromatic carbocycles. The van der Waals surface area contributed by atoms with Gasteiger partial charge in [0.15, 0.2) is 0 Å². The second-order valence-electron chi connectivity index (χ2n) is 31.9. The maximum Gasteiger partial charge on any atom is 0.0541 e. The SMILES string of the molecule is Brc1cc(-c2ccccc2)cc(-c2cccc(-c3ccc4c(c3)c3ccccc3n4-c3ccccc3)c2)c1.Brc1cccc(-c2cccc(-c3ccc4c(c3)c3ccccc3n4-c3cc(-c4ccccc4)cc(-c4ccccc4)c3)c2)c1.Brc1cccc(-c2cccc(-c3ccc4c(c3)c3ccccc3n4-c3ccc(-c4ccccc4)cc3-c3ccccc3)c2)c1. The van der Waals surface area contributed by atoms with Crippen LogP contribution in [0.25, 0.3) is 205 Å². The van der Waals surface area contributed by atoms with Gasteiger partial charge in [0.05, 0.1) is 38.8 Å². The first-order valence-corrected chi connectivity index (χ1v) is 44.9. The van der Waals surface area contributed by atoms with Gasteiger partial charge in [-0.2, -0.15) is 0 Å². The highest BCUT2D eigenvalue weighted by Gasteiger charge is 2.22. The summed E-state index contributed by atoms with van der Waals surface area (Å²) < 4.78 is 10.5. The number of hydrogen-bond acceptors (Lipinski definition) is 0. The van der Waals surface area contributed by atoms with Crippen LogP contribution in [0.2, 0.25) is 0 Å². The molecule has 3 nitrogen and oxygen atoms in total. The molecule has 3 aromatic heterocycles. The van der Waals surface area contributed by atoms with Gasteiger partial charge in [-0.25, -0.2) is 0 Å². The van der Waals surface area contributed by atoms with E-state index >= 15 is 0 Å². The molecule has 0 aliphatic heterocycles. The Hall–Kier alpha value is -14.8. The molecule has 0 aliphatic carbocycles. The van der Waals surface area contributed by atoms with Gasteiger partial charge in [-0.1, -0.05) is 375 Å². The summed E-state index contributed by atoms with van der Waals surface area (Å²) in [6.45, 7) is 0. The maximum absolute atomic E-state index is 3.74. The fourth-order valence-electron chi connectivity index (χ4n) is 18.1. The number of nitrogens with zero attached hydrogens (tertiary/aromatic N) is 3. The Bertz CT molecular complexity index is 7910. The van der Waals surface area contributed by atoms with E-state index in [9.17, 15) is 0 Å². The molecule has 0 bridgehead atoms. The van der Waals surface area contributed by atoms with Crippen molar-refractivity contribution in [2.24, 2.45) is 0 Å². The van der Waals surface area contributed by atoms with E-state index in [0.717, 1.165) is 19.1 Å². The van der Waals surface area contributed by atoms with Crippen molar-refractivity contribution in [3.05, 3.63) is 499 Å². The van der Waals surface area contributed by atoms with Gasteiger partial charge in [0, 0.05) is 62.7 Å². The fourth-order valence-corrected chi connectivity index (χ4v) is 19.4. The summed E-state index contributed by atoms with van der Waals surface area (Å²) in [5, 5.41) is 7.52. The van der Waals surface area contributed by atoms with Crippen LogP contribution in [-0.4, -0.2) is 13.7 Å². The summed E-state index contributed by atoms with van der Waals surface area (Å²) >= 11 is 11.0. The average molecular weight is 1800 g/mol. The lowest BCUT2D eigenvalue weighted by Gasteiger charge is -2.16. The van der Waals surface area contributed by atoms with Gasteiger partial charge in [-0.15, -0.1) is 0 Å². The zero-order chi connectivity index (χ0) is 84.4. The van der Waals surface area contributed by atoms with Gasteiger partial charge in [-0.3, -0.25) is 0 Å². The van der Waals surface area contributed by atoms with E-state index < -0.39 is 0 Å². The Labute approximate surface area is 758 Å². The molecular weight excluding hydrogens is 1720 g/mol. The second-order valence-corrected chi connectivity index (χ2v) is 34.7. The van der Waals surface area contributed by atoms with E-state index in [1.165, 1.54) is 199 Å². The highest BCUT2D eigenvalue weighted by molar-refractivity contribution is 9.11. The lowest BCUT2D eigenvalue weighted by atomic mass is 9.96. The second kappa shape index (κ2) is 34.9. The van der Waals surface area contributed by atoms with Crippen LogP contribution in [0.5, 0.6) is 0 Å². The molecule has 126 heavy (non-hydrogen) atoms. The zero-order valence-corrected chi connectivity index (χ0v) is 73.4. The Kier molecular flexibility index (Phi) is 21.7. The Balaban J connectivity index is 0.000000116. The largest absolute Gasteiger partial charge is 0.309 e. The lowest BCUT2D eigenvalue weighted by molar-refractivity contribution is 1.18. The van der Waals surface area contributed by atoms with E-state index in [1.807, 2.05) is 0 Å². The number of aromatic nitrogens is 3. The molecule has 0 saturated heterocycles. The fraction of sp³-hybridized carbons (Fsp3) is 0. The minimum atomic E-state index is 1.08. The van der Waals surface area contributed by atoms with Crippen LogP contribution in [0, 0.1) is 0 Å². The maximum atomic E-state index is 3.74. The monoisotopic (exact) mass is 1800 g/mol. The van der Waals surface area contributed by atoms with Crippen molar-refractivity contribution < 1.29 is 0 Å². The number of hydrogen-bond donors (Lipinski definition) is 0. The molecule has 0 saturated carbocycles. The van der Waals surface area contributed by atoms with E-state index in [4.69, 9.17) is 0 Å². The molecule has 0 spiro atoms. The van der Waals surface area contributed by atoms with Crippen LogP contribution in [0.15, 0.2) is 499 Å². The minimum Gasteiger partial charge on any atom is -0.309 e. The van der Waals surface area contributed by atoms with Crippen molar-refractivity contribution in [2.45, 2.75) is 0 Å². The third-order valence-electron chi connectivity index (χ3n) is 24.1.